The van der Waals surface area contributed by atoms with E-state index in [4.69, 9.17) is 11.6 Å². The van der Waals surface area contributed by atoms with Crippen molar-refractivity contribution in [2.75, 3.05) is 0 Å². The maximum absolute atomic E-state index is 10.5. The van der Waals surface area contributed by atoms with E-state index in [2.05, 4.69) is 4.98 Å². The molecule has 4 nitrogen and oxygen atoms in total. The van der Waals surface area contributed by atoms with Gasteiger partial charge >= 0.3 is 0 Å². The average Bonchev–Trinajstić information content (AvgIpc) is 2.37. The summed E-state index contributed by atoms with van der Waals surface area (Å²) >= 11 is 7.39. The topological polar surface area (TPSA) is 56.0 Å². The van der Waals surface area contributed by atoms with Crippen molar-refractivity contribution in [3.63, 3.8) is 0 Å². The standard InChI is InChI=1S/C12H9ClN2O2S/c13-10-3-1-2-9(6-10)8-18-12-5-4-11(7-14-12)15(16)17/h1-7H,8H2. The summed E-state index contributed by atoms with van der Waals surface area (Å²) < 4.78 is 0. The number of thioether (sulfide) groups is 1. The predicted molar refractivity (Wildman–Crippen MR) is 71.9 cm³/mol. The second-order valence-corrected chi connectivity index (χ2v) is 4.96. The molecule has 0 aliphatic heterocycles. The summed E-state index contributed by atoms with van der Waals surface area (Å²) in [5.74, 6) is 0.728. The molecule has 18 heavy (non-hydrogen) atoms. The van der Waals surface area contributed by atoms with E-state index in [1.54, 1.807) is 6.07 Å². The zero-order valence-corrected chi connectivity index (χ0v) is 10.8. The highest BCUT2D eigenvalue weighted by Crippen LogP contribution is 2.23. The quantitative estimate of drug-likeness (QED) is 0.484. The molecule has 92 valence electrons. The number of nitro groups is 1. The summed E-state index contributed by atoms with van der Waals surface area (Å²) in [5, 5.41) is 11.9. The molecule has 0 aliphatic carbocycles. The number of halogens is 1. The first kappa shape index (κ1) is 12.9. The fourth-order valence-electron chi connectivity index (χ4n) is 1.35. The van der Waals surface area contributed by atoms with Crippen molar-refractivity contribution in [1.82, 2.24) is 4.98 Å². The van der Waals surface area contributed by atoms with Crippen LogP contribution in [0.15, 0.2) is 47.6 Å². The van der Waals surface area contributed by atoms with E-state index >= 15 is 0 Å². The zero-order chi connectivity index (χ0) is 13.0. The van der Waals surface area contributed by atoms with Gasteiger partial charge in [-0.15, -0.1) is 11.8 Å². The van der Waals surface area contributed by atoms with E-state index < -0.39 is 4.92 Å². The summed E-state index contributed by atoms with van der Waals surface area (Å²) in [4.78, 5) is 14.0. The molecule has 0 aliphatic rings. The highest BCUT2D eigenvalue weighted by Gasteiger charge is 2.05. The molecule has 0 atom stereocenters. The lowest BCUT2D eigenvalue weighted by Crippen LogP contribution is -1.89. The lowest BCUT2D eigenvalue weighted by molar-refractivity contribution is -0.385. The molecule has 6 heteroatoms. The van der Waals surface area contributed by atoms with Crippen LogP contribution in [0.4, 0.5) is 5.69 Å². The summed E-state index contributed by atoms with van der Waals surface area (Å²) in [6.45, 7) is 0. The second kappa shape index (κ2) is 5.84. The molecule has 0 spiro atoms. The summed E-state index contributed by atoms with van der Waals surface area (Å²) in [7, 11) is 0. The smallest absolute Gasteiger partial charge is 0.258 e. The SMILES string of the molecule is O=[N+]([O-])c1ccc(SCc2cccc(Cl)c2)nc1. The van der Waals surface area contributed by atoms with Crippen molar-refractivity contribution in [2.45, 2.75) is 10.8 Å². The van der Waals surface area contributed by atoms with Crippen LogP contribution in [0.2, 0.25) is 5.02 Å². The van der Waals surface area contributed by atoms with Gasteiger partial charge < -0.3 is 0 Å². The maximum Gasteiger partial charge on any atom is 0.287 e. The molecule has 2 rings (SSSR count). The Bertz CT molecular complexity index is 560. The van der Waals surface area contributed by atoms with E-state index in [9.17, 15) is 10.1 Å². The lowest BCUT2D eigenvalue weighted by Gasteiger charge is -2.01. The molecule has 1 heterocycles. The summed E-state index contributed by atoms with van der Waals surface area (Å²) in [6.07, 6.45) is 1.26. The van der Waals surface area contributed by atoms with Gasteiger partial charge in [0.1, 0.15) is 6.20 Å². The molecular formula is C12H9ClN2O2S. The van der Waals surface area contributed by atoms with Crippen LogP contribution in [-0.2, 0) is 5.75 Å². The Kier molecular flexibility index (Phi) is 4.17. The number of hydrogen-bond donors (Lipinski definition) is 0. The van der Waals surface area contributed by atoms with E-state index in [0.29, 0.717) is 5.02 Å². The largest absolute Gasteiger partial charge is 0.287 e. The molecule has 0 saturated heterocycles. The average molecular weight is 281 g/mol. The second-order valence-electron chi connectivity index (χ2n) is 3.53. The van der Waals surface area contributed by atoms with Crippen LogP contribution < -0.4 is 0 Å². The first-order valence-electron chi connectivity index (χ1n) is 5.13. The molecule has 2 aromatic rings. The predicted octanol–water partition coefficient (Wildman–Crippen LogP) is 3.94. The Morgan fingerprint density at radius 3 is 2.78 bits per heavy atom. The van der Waals surface area contributed by atoms with E-state index in [0.717, 1.165) is 16.3 Å². The van der Waals surface area contributed by atoms with Crippen molar-refractivity contribution in [1.29, 1.82) is 0 Å². The Balaban J connectivity index is 2.00. The van der Waals surface area contributed by atoms with Crippen LogP contribution in [0.25, 0.3) is 0 Å². The Morgan fingerprint density at radius 2 is 2.17 bits per heavy atom. The van der Waals surface area contributed by atoms with Gasteiger partial charge in [0, 0.05) is 16.8 Å². The molecule has 1 aromatic carbocycles. The van der Waals surface area contributed by atoms with Gasteiger partial charge in [0.05, 0.1) is 9.95 Å². The molecule has 0 amide bonds. The van der Waals surface area contributed by atoms with Gasteiger partial charge in [0.2, 0.25) is 0 Å². The third kappa shape index (κ3) is 3.45. The van der Waals surface area contributed by atoms with Crippen LogP contribution in [0.1, 0.15) is 5.56 Å². The highest BCUT2D eigenvalue weighted by molar-refractivity contribution is 7.98. The third-order valence-electron chi connectivity index (χ3n) is 2.21. The van der Waals surface area contributed by atoms with E-state index in [1.165, 1.54) is 24.0 Å². The molecular weight excluding hydrogens is 272 g/mol. The molecule has 0 saturated carbocycles. The molecule has 1 aromatic heterocycles. The highest BCUT2D eigenvalue weighted by atomic mass is 35.5. The van der Waals surface area contributed by atoms with Gasteiger partial charge in [-0.1, -0.05) is 23.7 Å². The Hall–Kier alpha value is -1.59. The minimum atomic E-state index is -0.460. The van der Waals surface area contributed by atoms with Crippen molar-refractivity contribution in [3.8, 4) is 0 Å². The molecule has 0 N–H and O–H groups in total. The number of aromatic nitrogens is 1. The summed E-state index contributed by atoms with van der Waals surface area (Å²) in [6, 6.07) is 10.7. The number of nitrogens with zero attached hydrogens (tertiary/aromatic N) is 2. The number of rotatable bonds is 4. The van der Waals surface area contributed by atoms with Crippen LogP contribution in [0.5, 0.6) is 0 Å². The monoisotopic (exact) mass is 280 g/mol. The maximum atomic E-state index is 10.5. The van der Waals surface area contributed by atoms with Crippen molar-refractivity contribution < 1.29 is 4.92 Å². The third-order valence-corrected chi connectivity index (χ3v) is 3.46. The van der Waals surface area contributed by atoms with Gasteiger partial charge in [-0.25, -0.2) is 4.98 Å². The Morgan fingerprint density at radius 1 is 1.33 bits per heavy atom. The van der Waals surface area contributed by atoms with Gasteiger partial charge in [0.25, 0.3) is 5.69 Å². The van der Waals surface area contributed by atoms with Gasteiger partial charge in [0.15, 0.2) is 0 Å². The van der Waals surface area contributed by atoms with Crippen LogP contribution >= 0.6 is 23.4 Å². The molecule has 0 bridgehead atoms. The van der Waals surface area contributed by atoms with Gasteiger partial charge in [-0.2, -0.15) is 0 Å². The van der Waals surface area contributed by atoms with Gasteiger partial charge in [-0.3, -0.25) is 10.1 Å². The van der Waals surface area contributed by atoms with E-state index in [-0.39, 0.29) is 5.69 Å². The minimum Gasteiger partial charge on any atom is -0.258 e. The van der Waals surface area contributed by atoms with Crippen molar-refractivity contribution in [2.24, 2.45) is 0 Å². The van der Waals surface area contributed by atoms with Gasteiger partial charge in [-0.05, 0) is 23.8 Å². The van der Waals surface area contributed by atoms with E-state index in [1.807, 2.05) is 24.3 Å². The van der Waals surface area contributed by atoms with Crippen LogP contribution in [-0.4, -0.2) is 9.91 Å². The van der Waals surface area contributed by atoms with Crippen LogP contribution in [0.3, 0.4) is 0 Å². The van der Waals surface area contributed by atoms with Crippen molar-refractivity contribution in [3.05, 3.63) is 63.3 Å². The van der Waals surface area contributed by atoms with Crippen molar-refractivity contribution >= 4 is 29.1 Å². The first-order valence-corrected chi connectivity index (χ1v) is 6.49. The number of benzene rings is 1. The molecule has 0 unspecified atom stereocenters. The zero-order valence-electron chi connectivity index (χ0n) is 9.25. The number of pyridine rings is 1. The molecule has 0 radical (unpaired) electrons. The Labute approximate surface area is 113 Å². The minimum absolute atomic E-state index is 0.00195. The summed E-state index contributed by atoms with van der Waals surface area (Å²) in [5.41, 5.74) is 1.09. The first-order chi connectivity index (χ1) is 8.65. The number of hydrogen-bond acceptors (Lipinski definition) is 4. The van der Waals surface area contributed by atoms with Crippen LogP contribution in [0, 0.1) is 10.1 Å². The fourth-order valence-corrected chi connectivity index (χ4v) is 2.35. The molecule has 0 fully saturated rings. The lowest BCUT2D eigenvalue weighted by atomic mass is 10.2. The fraction of sp³-hybridized carbons (Fsp3) is 0.0833. The normalized spacial score (nSPS) is 10.3.